The molecule has 2 heteroatoms. The third-order valence-electron chi connectivity index (χ3n) is 2.31. The summed E-state index contributed by atoms with van der Waals surface area (Å²) in [5, 5.41) is 4.24. The van der Waals surface area contributed by atoms with Crippen LogP contribution in [-0.4, -0.2) is 0 Å². The van der Waals surface area contributed by atoms with E-state index in [0.717, 1.165) is 6.42 Å². The van der Waals surface area contributed by atoms with Gasteiger partial charge in [0.15, 0.2) is 0 Å². The number of rotatable bonds is 4. The average Bonchev–Trinajstić information content (AvgIpc) is 2.96. The van der Waals surface area contributed by atoms with Gasteiger partial charge in [-0.05, 0) is 35.4 Å². The standard InChI is InChI=1S/C14H14S2/c1-2-12(14-9-5-11-16-14)6-3-7-13-8-4-10-15-13/h2-6,8-11H,7H2,1H3. The molecule has 2 rings (SSSR count). The van der Waals surface area contributed by atoms with Crippen LogP contribution in [0.3, 0.4) is 0 Å². The van der Waals surface area contributed by atoms with Crippen molar-refractivity contribution >= 4 is 28.2 Å². The maximum Gasteiger partial charge on any atom is 0.0339 e. The van der Waals surface area contributed by atoms with Crippen molar-refractivity contribution in [1.29, 1.82) is 0 Å². The third-order valence-corrected chi connectivity index (χ3v) is 4.13. The predicted molar refractivity (Wildman–Crippen MR) is 75.1 cm³/mol. The molecule has 82 valence electrons. The lowest BCUT2D eigenvalue weighted by Crippen LogP contribution is -1.75. The first-order valence-electron chi connectivity index (χ1n) is 5.29. The van der Waals surface area contributed by atoms with E-state index in [4.69, 9.17) is 0 Å². The lowest BCUT2D eigenvalue weighted by atomic mass is 10.2. The molecule has 0 amide bonds. The van der Waals surface area contributed by atoms with Crippen LogP contribution in [0.25, 0.3) is 5.57 Å². The molecule has 0 unspecified atom stereocenters. The summed E-state index contributed by atoms with van der Waals surface area (Å²) in [5.74, 6) is 0. The van der Waals surface area contributed by atoms with E-state index in [9.17, 15) is 0 Å². The van der Waals surface area contributed by atoms with Crippen LogP contribution in [0.1, 0.15) is 16.7 Å². The SMILES string of the molecule is CC=C(C=CCc1cccs1)c1cccs1. The fraction of sp³-hybridized carbons (Fsp3) is 0.143. The van der Waals surface area contributed by atoms with Crippen molar-refractivity contribution in [3.05, 3.63) is 63.0 Å². The Labute approximate surface area is 105 Å². The zero-order valence-electron chi connectivity index (χ0n) is 9.22. The van der Waals surface area contributed by atoms with E-state index in [-0.39, 0.29) is 0 Å². The molecule has 0 aliphatic carbocycles. The molecule has 0 radical (unpaired) electrons. The maximum atomic E-state index is 2.24. The Morgan fingerprint density at radius 1 is 1.19 bits per heavy atom. The van der Waals surface area contributed by atoms with Crippen LogP contribution in [0, 0.1) is 0 Å². The molecule has 0 aromatic carbocycles. The van der Waals surface area contributed by atoms with Crippen molar-refractivity contribution in [2.45, 2.75) is 13.3 Å². The van der Waals surface area contributed by atoms with Crippen LogP contribution in [0.2, 0.25) is 0 Å². The topological polar surface area (TPSA) is 0 Å². The molecular formula is C14H14S2. The highest BCUT2D eigenvalue weighted by molar-refractivity contribution is 7.11. The number of hydrogen-bond donors (Lipinski definition) is 0. The van der Waals surface area contributed by atoms with Crippen LogP contribution < -0.4 is 0 Å². The molecule has 16 heavy (non-hydrogen) atoms. The Bertz CT molecular complexity index is 459. The Kier molecular flexibility index (Phi) is 4.14. The van der Waals surface area contributed by atoms with Crippen molar-refractivity contribution < 1.29 is 0 Å². The quantitative estimate of drug-likeness (QED) is 0.665. The maximum absolute atomic E-state index is 2.24. The van der Waals surface area contributed by atoms with Gasteiger partial charge in [0.1, 0.15) is 0 Å². The van der Waals surface area contributed by atoms with E-state index < -0.39 is 0 Å². The second-order valence-electron chi connectivity index (χ2n) is 3.41. The molecule has 0 bridgehead atoms. The Balaban J connectivity index is 2.00. The smallest absolute Gasteiger partial charge is 0.0339 e. The summed E-state index contributed by atoms with van der Waals surface area (Å²) >= 11 is 3.60. The summed E-state index contributed by atoms with van der Waals surface area (Å²) in [6.07, 6.45) is 7.64. The van der Waals surface area contributed by atoms with Gasteiger partial charge in [-0.3, -0.25) is 0 Å². The second-order valence-corrected chi connectivity index (χ2v) is 5.39. The highest BCUT2D eigenvalue weighted by atomic mass is 32.1. The van der Waals surface area contributed by atoms with Gasteiger partial charge in [0.2, 0.25) is 0 Å². The van der Waals surface area contributed by atoms with Gasteiger partial charge in [-0.2, -0.15) is 0 Å². The first-order valence-corrected chi connectivity index (χ1v) is 7.05. The predicted octanol–water partition coefficient (Wildman–Crippen LogP) is 5.01. The Morgan fingerprint density at radius 2 is 2.00 bits per heavy atom. The molecule has 0 saturated heterocycles. The lowest BCUT2D eigenvalue weighted by molar-refractivity contribution is 1.34. The molecule has 2 aromatic rings. The fourth-order valence-electron chi connectivity index (χ4n) is 1.49. The molecule has 0 N–H and O–H groups in total. The summed E-state index contributed by atoms with van der Waals surface area (Å²) in [7, 11) is 0. The van der Waals surface area contributed by atoms with Crippen molar-refractivity contribution in [3.63, 3.8) is 0 Å². The zero-order chi connectivity index (χ0) is 11.2. The van der Waals surface area contributed by atoms with Crippen molar-refractivity contribution in [2.24, 2.45) is 0 Å². The molecule has 0 aliphatic rings. The van der Waals surface area contributed by atoms with E-state index in [1.54, 1.807) is 11.3 Å². The van der Waals surface area contributed by atoms with Crippen LogP contribution in [0.4, 0.5) is 0 Å². The van der Waals surface area contributed by atoms with Gasteiger partial charge >= 0.3 is 0 Å². The van der Waals surface area contributed by atoms with Gasteiger partial charge in [-0.15, -0.1) is 22.7 Å². The summed E-state index contributed by atoms with van der Waals surface area (Å²) < 4.78 is 0. The molecule has 0 nitrogen and oxygen atoms in total. The summed E-state index contributed by atoms with van der Waals surface area (Å²) in [5.41, 5.74) is 1.31. The Morgan fingerprint density at radius 3 is 2.62 bits per heavy atom. The number of thiophene rings is 2. The van der Waals surface area contributed by atoms with E-state index in [0.29, 0.717) is 0 Å². The molecule has 0 saturated carbocycles. The van der Waals surface area contributed by atoms with E-state index in [2.05, 4.69) is 60.2 Å². The van der Waals surface area contributed by atoms with Gasteiger partial charge < -0.3 is 0 Å². The molecular weight excluding hydrogens is 232 g/mol. The van der Waals surface area contributed by atoms with Gasteiger partial charge in [0.05, 0.1) is 0 Å². The highest BCUT2D eigenvalue weighted by Crippen LogP contribution is 2.21. The minimum absolute atomic E-state index is 1.03. The van der Waals surface area contributed by atoms with Crippen molar-refractivity contribution in [2.75, 3.05) is 0 Å². The highest BCUT2D eigenvalue weighted by Gasteiger charge is 1.96. The monoisotopic (exact) mass is 246 g/mol. The third kappa shape index (κ3) is 2.94. The summed E-state index contributed by atoms with van der Waals surface area (Å²) in [6.45, 7) is 2.09. The molecule has 0 atom stereocenters. The number of hydrogen-bond acceptors (Lipinski definition) is 2. The van der Waals surface area contributed by atoms with E-state index >= 15 is 0 Å². The summed E-state index contributed by atoms with van der Waals surface area (Å²) in [4.78, 5) is 2.75. The van der Waals surface area contributed by atoms with Gasteiger partial charge in [0.25, 0.3) is 0 Å². The average molecular weight is 246 g/mol. The summed E-state index contributed by atoms with van der Waals surface area (Å²) in [6, 6.07) is 8.53. The molecule has 0 spiro atoms. The molecule has 2 aromatic heterocycles. The molecule has 2 heterocycles. The van der Waals surface area contributed by atoms with Crippen LogP contribution in [0.15, 0.2) is 53.3 Å². The number of allylic oxidation sites excluding steroid dienone is 4. The zero-order valence-corrected chi connectivity index (χ0v) is 10.9. The van der Waals surface area contributed by atoms with Gasteiger partial charge in [-0.1, -0.05) is 30.4 Å². The minimum atomic E-state index is 1.03. The van der Waals surface area contributed by atoms with E-state index in [1.807, 2.05) is 11.3 Å². The van der Waals surface area contributed by atoms with Crippen molar-refractivity contribution in [1.82, 2.24) is 0 Å². The first kappa shape index (κ1) is 11.4. The lowest BCUT2D eigenvalue weighted by Gasteiger charge is -1.96. The van der Waals surface area contributed by atoms with Gasteiger partial charge in [0, 0.05) is 16.2 Å². The first-order chi connectivity index (χ1) is 7.90. The molecule has 0 aliphatic heterocycles. The van der Waals surface area contributed by atoms with Crippen molar-refractivity contribution in [3.8, 4) is 0 Å². The van der Waals surface area contributed by atoms with Crippen LogP contribution >= 0.6 is 22.7 Å². The fourth-order valence-corrected chi connectivity index (χ4v) is 2.96. The Hall–Kier alpha value is -1.12. The second kappa shape index (κ2) is 5.83. The van der Waals surface area contributed by atoms with E-state index in [1.165, 1.54) is 15.3 Å². The van der Waals surface area contributed by atoms with Crippen LogP contribution in [-0.2, 0) is 6.42 Å². The largest absolute Gasteiger partial charge is 0.149 e. The normalized spacial score (nSPS) is 12.4. The van der Waals surface area contributed by atoms with Gasteiger partial charge in [-0.25, -0.2) is 0 Å². The van der Waals surface area contributed by atoms with Crippen LogP contribution in [0.5, 0.6) is 0 Å². The molecule has 0 fully saturated rings. The minimum Gasteiger partial charge on any atom is -0.149 e.